The third kappa shape index (κ3) is 1.99. The standard InChI is InChI=1S/C16H10F2O2/c1-9-3-2-4-10-7-14(20-16(9)10)15(19)12-8-11(17)5-6-13(12)18/h2-8H,1H3. The van der Waals surface area contributed by atoms with E-state index in [4.69, 9.17) is 4.42 Å². The first-order valence-corrected chi connectivity index (χ1v) is 6.05. The van der Waals surface area contributed by atoms with Crippen LogP contribution in [0.3, 0.4) is 0 Å². The number of carbonyl (C=O) groups excluding carboxylic acids is 1. The van der Waals surface area contributed by atoms with Crippen molar-refractivity contribution < 1.29 is 18.0 Å². The van der Waals surface area contributed by atoms with Crippen molar-refractivity contribution in [3.63, 3.8) is 0 Å². The van der Waals surface area contributed by atoms with Gasteiger partial charge in [0.05, 0.1) is 5.56 Å². The predicted octanol–water partition coefficient (Wildman–Crippen LogP) is 4.25. The molecule has 0 amide bonds. The average Bonchev–Trinajstić information content (AvgIpc) is 2.86. The minimum atomic E-state index is -0.770. The highest BCUT2D eigenvalue weighted by Crippen LogP contribution is 2.25. The summed E-state index contributed by atoms with van der Waals surface area (Å²) in [6.07, 6.45) is 0. The third-order valence-corrected chi connectivity index (χ3v) is 3.14. The van der Waals surface area contributed by atoms with Crippen LogP contribution in [0.1, 0.15) is 21.7 Å². The fourth-order valence-corrected chi connectivity index (χ4v) is 2.13. The lowest BCUT2D eigenvalue weighted by molar-refractivity contribution is 0.101. The number of ketones is 1. The van der Waals surface area contributed by atoms with Crippen LogP contribution in [0.5, 0.6) is 0 Å². The van der Waals surface area contributed by atoms with E-state index in [1.54, 1.807) is 6.07 Å². The number of para-hydroxylation sites is 1. The van der Waals surface area contributed by atoms with Gasteiger partial charge in [0.2, 0.25) is 5.78 Å². The number of fused-ring (bicyclic) bond motifs is 1. The van der Waals surface area contributed by atoms with E-state index in [2.05, 4.69) is 0 Å². The smallest absolute Gasteiger partial charge is 0.231 e. The highest BCUT2D eigenvalue weighted by molar-refractivity contribution is 6.09. The Morgan fingerprint density at radius 3 is 2.65 bits per heavy atom. The Morgan fingerprint density at radius 1 is 1.10 bits per heavy atom. The molecule has 0 aliphatic rings. The molecule has 0 unspecified atom stereocenters. The molecule has 2 nitrogen and oxygen atoms in total. The molecule has 2 aromatic carbocycles. The number of furan rings is 1. The monoisotopic (exact) mass is 272 g/mol. The molecule has 20 heavy (non-hydrogen) atoms. The topological polar surface area (TPSA) is 30.2 Å². The lowest BCUT2D eigenvalue weighted by Crippen LogP contribution is -2.03. The Hall–Kier alpha value is -2.49. The fourth-order valence-electron chi connectivity index (χ4n) is 2.13. The zero-order chi connectivity index (χ0) is 14.3. The van der Waals surface area contributed by atoms with Crippen molar-refractivity contribution in [2.24, 2.45) is 0 Å². The molecule has 1 aromatic heterocycles. The summed E-state index contributed by atoms with van der Waals surface area (Å²) in [5.74, 6) is -2.10. The summed E-state index contributed by atoms with van der Waals surface area (Å²) in [5.41, 5.74) is 1.12. The number of hydrogen-bond donors (Lipinski definition) is 0. The highest BCUT2D eigenvalue weighted by Gasteiger charge is 2.19. The van der Waals surface area contributed by atoms with Crippen molar-refractivity contribution >= 4 is 16.8 Å². The zero-order valence-electron chi connectivity index (χ0n) is 10.6. The summed E-state index contributed by atoms with van der Waals surface area (Å²) in [5, 5.41) is 0.755. The summed E-state index contributed by atoms with van der Waals surface area (Å²) in [4.78, 5) is 12.2. The molecular formula is C16H10F2O2. The quantitative estimate of drug-likeness (QED) is 0.653. The SMILES string of the molecule is Cc1cccc2cc(C(=O)c3cc(F)ccc3F)oc12. The van der Waals surface area contributed by atoms with Crippen LogP contribution >= 0.6 is 0 Å². The number of halogens is 2. The number of aryl methyl sites for hydroxylation is 1. The van der Waals surface area contributed by atoms with Crippen LogP contribution in [0.2, 0.25) is 0 Å². The van der Waals surface area contributed by atoms with E-state index in [0.29, 0.717) is 5.58 Å². The Bertz CT molecular complexity index is 818. The summed E-state index contributed by atoms with van der Waals surface area (Å²) >= 11 is 0. The molecule has 0 aliphatic heterocycles. The maximum absolute atomic E-state index is 13.6. The summed E-state index contributed by atoms with van der Waals surface area (Å²) in [6.45, 7) is 1.85. The van der Waals surface area contributed by atoms with E-state index in [9.17, 15) is 13.6 Å². The van der Waals surface area contributed by atoms with Gasteiger partial charge in [-0.15, -0.1) is 0 Å². The zero-order valence-corrected chi connectivity index (χ0v) is 10.6. The third-order valence-electron chi connectivity index (χ3n) is 3.14. The van der Waals surface area contributed by atoms with Crippen LogP contribution in [-0.2, 0) is 0 Å². The number of hydrogen-bond acceptors (Lipinski definition) is 2. The van der Waals surface area contributed by atoms with Crippen molar-refractivity contribution in [1.82, 2.24) is 0 Å². The summed E-state index contributed by atoms with van der Waals surface area (Å²) < 4.78 is 32.2. The first-order chi connectivity index (χ1) is 9.56. The average molecular weight is 272 g/mol. The molecule has 0 saturated carbocycles. The van der Waals surface area contributed by atoms with E-state index in [0.717, 1.165) is 29.1 Å². The Labute approximate surface area is 113 Å². The molecule has 0 fully saturated rings. The van der Waals surface area contributed by atoms with Gasteiger partial charge in [-0.1, -0.05) is 18.2 Å². The molecule has 0 N–H and O–H groups in total. The van der Waals surface area contributed by atoms with E-state index in [1.807, 2.05) is 19.1 Å². The van der Waals surface area contributed by atoms with Gasteiger partial charge < -0.3 is 4.42 Å². The first-order valence-electron chi connectivity index (χ1n) is 6.05. The molecule has 1 heterocycles. The van der Waals surface area contributed by atoms with Crippen molar-refractivity contribution in [1.29, 1.82) is 0 Å². The normalized spacial score (nSPS) is 10.9. The van der Waals surface area contributed by atoms with Crippen LogP contribution in [0.4, 0.5) is 8.78 Å². The van der Waals surface area contributed by atoms with Gasteiger partial charge in [0.25, 0.3) is 0 Å². The molecule has 0 atom stereocenters. The van der Waals surface area contributed by atoms with Gasteiger partial charge in [-0.05, 0) is 36.8 Å². The highest BCUT2D eigenvalue weighted by atomic mass is 19.1. The largest absolute Gasteiger partial charge is 0.452 e. The first kappa shape index (κ1) is 12.5. The van der Waals surface area contributed by atoms with Gasteiger partial charge in [-0.3, -0.25) is 4.79 Å². The second-order valence-corrected chi connectivity index (χ2v) is 4.56. The molecule has 100 valence electrons. The Kier molecular flexibility index (Phi) is 2.86. The molecule has 0 spiro atoms. The van der Waals surface area contributed by atoms with Crippen LogP contribution in [0, 0.1) is 18.6 Å². The number of carbonyl (C=O) groups is 1. The van der Waals surface area contributed by atoms with Gasteiger partial charge in [0.1, 0.15) is 17.2 Å². The lowest BCUT2D eigenvalue weighted by atomic mass is 10.1. The maximum atomic E-state index is 13.6. The predicted molar refractivity (Wildman–Crippen MR) is 70.7 cm³/mol. The van der Waals surface area contributed by atoms with E-state index >= 15 is 0 Å². The lowest BCUT2D eigenvalue weighted by Gasteiger charge is -2.00. The van der Waals surface area contributed by atoms with Crippen LogP contribution in [-0.4, -0.2) is 5.78 Å². The number of rotatable bonds is 2. The minimum absolute atomic E-state index is 0.00111. The second kappa shape index (κ2) is 4.56. The molecule has 0 aliphatic carbocycles. The molecular weight excluding hydrogens is 262 g/mol. The van der Waals surface area contributed by atoms with Crippen molar-refractivity contribution in [3.8, 4) is 0 Å². The molecule has 0 saturated heterocycles. The van der Waals surface area contributed by atoms with E-state index < -0.39 is 17.4 Å². The molecule has 4 heteroatoms. The van der Waals surface area contributed by atoms with Gasteiger partial charge >= 0.3 is 0 Å². The van der Waals surface area contributed by atoms with Crippen LogP contribution < -0.4 is 0 Å². The van der Waals surface area contributed by atoms with E-state index in [-0.39, 0.29) is 11.3 Å². The van der Waals surface area contributed by atoms with Gasteiger partial charge in [-0.2, -0.15) is 0 Å². The Morgan fingerprint density at radius 2 is 1.90 bits per heavy atom. The fraction of sp³-hybridized carbons (Fsp3) is 0.0625. The molecule has 3 rings (SSSR count). The van der Waals surface area contributed by atoms with Crippen molar-refractivity contribution in [3.05, 3.63) is 71.0 Å². The van der Waals surface area contributed by atoms with Crippen molar-refractivity contribution in [2.75, 3.05) is 0 Å². The van der Waals surface area contributed by atoms with Gasteiger partial charge in [-0.25, -0.2) is 8.78 Å². The van der Waals surface area contributed by atoms with Crippen LogP contribution in [0.25, 0.3) is 11.0 Å². The maximum Gasteiger partial charge on any atom is 0.231 e. The molecule has 0 bridgehead atoms. The van der Waals surface area contributed by atoms with Gasteiger partial charge in [0.15, 0.2) is 5.76 Å². The number of benzene rings is 2. The Balaban J connectivity index is 2.13. The van der Waals surface area contributed by atoms with E-state index in [1.165, 1.54) is 6.07 Å². The van der Waals surface area contributed by atoms with Gasteiger partial charge in [0, 0.05) is 5.39 Å². The van der Waals surface area contributed by atoms with Crippen LogP contribution in [0.15, 0.2) is 46.9 Å². The summed E-state index contributed by atoms with van der Waals surface area (Å²) in [7, 11) is 0. The summed E-state index contributed by atoms with van der Waals surface area (Å²) in [6, 6.07) is 9.79. The molecule has 0 radical (unpaired) electrons. The minimum Gasteiger partial charge on any atom is -0.452 e. The second-order valence-electron chi connectivity index (χ2n) is 4.56. The molecule has 3 aromatic rings. The van der Waals surface area contributed by atoms with Crippen molar-refractivity contribution in [2.45, 2.75) is 6.92 Å².